The smallest absolute Gasteiger partial charge is 0.150 e. The third-order valence-corrected chi connectivity index (χ3v) is 5.06. The first-order valence-electron chi connectivity index (χ1n) is 9.23. The maximum absolute atomic E-state index is 6.21. The summed E-state index contributed by atoms with van der Waals surface area (Å²) in [5.41, 5.74) is 10.5. The number of nitrogens with two attached hydrogens (primary N) is 1. The van der Waals surface area contributed by atoms with Gasteiger partial charge in [0, 0.05) is 18.3 Å². The average Bonchev–Trinajstić information content (AvgIpc) is 3.21. The molecule has 0 atom stereocenters. The lowest BCUT2D eigenvalue weighted by Gasteiger charge is -2.12. The summed E-state index contributed by atoms with van der Waals surface area (Å²) in [5, 5.41) is 3.79. The van der Waals surface area contributed by atoms with Crippen molar-refractivity contribution in [1.29, 1.82) is 0 Å². The summed E-state index contributed by atoms with van der Waals surface area (Å²) in [4.78, 5) is 13.0. The second kappa shape index (κ2) is 7.97. The molecule has 148 valence electrons. The molecule has 4 aromatic rings. The van der Waals surface area contributed by atoms with Crippen LogP contribution in [-0.2, 0) is 13.0 Å². The Morgan fingerprint density at radius 2 is 2.00 bits per heavy atom. The first kappa shape index (κ1) is 19.0. The number of nitrogens with one attached hydrogen (secondary N) is 1. The lowest BCUT2D eigenvalue weighted by molar-refractivity contribution is 0.416. The fraction of sp³-hybridized carbons (Fsp3) is 0.190. The first-order chi connectivity index (χ1) is 14.1. The molecule has 0 aliphatic carbocycles. The molecule has 7 nitrogen and oxygen atoms in total. The molecule has 0 unspecified atom stereocenters. The molecule has 4 rings (SSSR count). The molecule has 0 aliphatic rings. The van der Waals surface area contributed by atoms with E-state index in [-0.39, 0.29) is 0 Å². The molecular formula is C21H21ClN6O. The highest BCUT2D eigenvalue weighted by atomic mass is 35.5. The van der Waals surface area contributed by atoms with Crippen LogP contribution in [0.3, 0.4) is 0 Å². The third-order valence-electron chi connectivity index (χ3n) is 4.78. The monoisotopic (exact) mass is 408 g/mol. The summed E-state index contributed by atoms with van der Waals surface area (Å²) < 4.78 is 7.34. The second-order valence-electron chi connectivity index (χ2n) is 6.57. The van der Waals surface area contributed by atoms with Gasteiger partial charge in [0.2, 0.25) is 0 Å². The number of nitrogen functional groups attached to an aromatic ring is 1. The van der Waals surface area contributed by atoms with Crippen LogP contribution in [0.15, 0.2) is 49.1 Å². The number of imidazole rings is 1. The molecule has 0 saturated carbocycles. The van der Waals surface area contributed by atoms with E-state index >= 15 is 0 Å². The predicted molar refractivity (Wildman–Crippen MR) is 115 cm³/mol. The van der Waals surface area contributed by atoms with Crippen molar-refractivity contribution in [3.63, 3.8) is 0 Å². The second-order valence-corrected chi connectivity index (χ2v) is 6.96. The maximum atomic E-state index is 6.21. The summed E-state index contributed by atoms with van der Waals surface area (Å²) in [5.74, 6) is 1.90. The minimum Gasteiger partial charge on any atom is -0.496 e. The zero-order chi connectivity index (χ0) is 20.4. The topological polar surface area (TPSA) is 90.4 Å². The fourth-order valence-corrected chi connectivity index (χ4v) is 3.40. The van der Waals surface area contributed by atoms with Gasteiger partial charge in [0.05, 0.1) is 13.3 Å². The van der Waals surface area contributed by atoms with Gasteiger partial charge in [0.25, 0.3) is 0 Å². The highest BCUT2D eigenvalue weighted by Crippen LogP contribution is 2.35. The highest BCUT2D eigenvalue weighted by molar-refractivity contribution is 6.29. The van der Waals surface area contributed by atoms with E-state index in [0.717, 1.165) is 23.4 Å². The Bertz CT molecular complexity index is 1170. The SMILES string of the molecule is CCc1ccnc(NCc2ccc(-c3ncn4c(Cl)cnc(N)c34)c(OC)c2)c1. The third kappa shape index (κ3) is 3.69. The van der Waals surface area contributed by atoms with Gasteiger partial charge in [-0.3, -0.25) is 4.40 Å². The van der Waals surface area contributed by atoms with Gasteiger partial charge in [0.1, 0.15) is 40.1 Å². The number of ether oxygens (including phenoxy) is 1. The number of hydrogen-bond donors (Lipinski definition) is 2. The molecule has 0 amide bonds. The minimum atomic E-state index is 0.358. The van der Waals surface area contributed by atoms with Crippen LogP contribution in [0.4, 0.5) is 11.6 Å². The average molecular weight is 409 g/mol. The molecule has 0 fully saturated rings. The van der Waals surface area contributed by atoms with E-state index in [1.54, 1.807) is 17.8 Å². The molecular weight excluding hydrogens is 388 g/mol. The van der Waals surface area contributed by atoms with Crippen molar-refractivity contribution in [3.05, 3.63) is 65.3 Å². The van der Waals surface area contributed by atoms with Crippen molar-refractivity contribution in [3.8, 4) is 17.0 Å². The molecule has 0 saturated heterocycles. The summed E-state index contributed by atoms with van der Waals surface area (Å²) in [6, 6.07) is 10.0. The van der Waals surface area contributed by atoms with Crippen LogP contribution >= 0.6 is 11.6 Å². The van der Waals surface area contributed by atoms with Gasteiger partial charge in [-0.15, -0.1) is 0 Å². The molecule has 29 heavy (non-hydrogen) atoms. The van der Waals surface area contributed by atoms with Crippen LogP contribution in [0.5, 0.6) is 5.75 Å². The molecule has 3 aromatic heterocycles. The number of aryl methyl sites for hydroxylation is 1. The Morgan fingerprint density at radius 1 is 1.14 bits per heavy atom. The minimum absolute atomic E-state index is 0.358. The molecule has 8 heteroatoms. The quantitative estimate of drug-likeness (QED) is 0.496. The van der Waals surface area contributed by atoms with E-state index in [1.165, 1.54) is 11.8 Å². The zero-order valence-electron chi connectivity index (χ0n) is 16.2. The largest absolute Gasteiger partial charge is 0.496 e. The molecule has 3 N–H and O–H groups in total. The summed E-state index contributed by atoms with van der Waals surface area (Å²) in [7, 11) is 1.63. The van der Waals surface area contributed by atoms with E-state index in [9.17, 15) is 0 Å². The number of fused-ring (bicyclic) bond motifs is 1. The number of methoxy groups -OCH3 is 1. The molecule has 0 bridgehead atoms. The van der Waals surface area contributed by atoms with E-state index in [4.69, 9.17) is 22.1 Å². The van der Waals surface area contributed by atoms with E-state index in [0.29, 0.717) is 34.5 Å². The fourth-order valence-electron chi connectivity index (χ4n) is 3.22. The lowest BCUT2D eigenvalue weighted by atomic mass is 10.1. The van der Waals surface area contributed by atoms with E-state index in [2.05, 4.69) is 33.3 Å². The van der Waals surface area contributed by atoms with Gasteiger partial charge in [-0.1, -0.05) is 24.6 Å². The van der Waals surface area contributed by atoms with Crippen molar-refractivity contribution in [2.75, 3.05) is 18.2 Å². The number of hydrogen-bond acceptors (Lipinski definition) is 6. The van der Waals surface area contributed by atoms with Crippen LogP contribution in [0.1, 0.15) is 18.1 Å². The number of anilines is 2. The Morgan fingerprint density at radius 3 is 2.79 bits per heavy atom. The summed E-state index contributed by atoms with van der Waals surface area (Å²) in [6.07, 6.45) is 5.92. The maximum Gasteiger partial charge on any atom is 0.150 e. The standard InChI is InChI=1S/C21H21ClN6O/c1-3-13-6-7-24-18(9-13)25-10-14-4-5-15(16(8-14)29-2)19-20-21(23)26-11-17(22)28(20)12-27-19/h4-9,11-12H,3,10H2,1-2H3,(H2,23,26)(H,24,25). The van der Waals surface area contributed by atoms with Crippen LogP contribution < -0.4 is 15.8 Å². The number of benzene rings is 1. The highest BCUT2D eigenvalue weighted by Gasteiger charge is 2.17. The van der Waals surface area contributed by atoms with Crippen LogP contribution in [0.25, 0.3) is 16.8 Å². The number of aromatic nitrogens is 4. The predicted octanol–water partition coefficient (Wildman–Crippen LogP) is 4.21. The van der Waals surface area contributed by atoms with Crippen molar-refractivity contribution in [1.82, 2.24) is 19.4 Å². The van der Waals surface area contributed by atoms with Crippen LogP contribution in [0, 0.1) is 0 Å². The van der Waals surface area contributed by atoms with Gasteiger partial charge in [-0.05, 0) is 41.8 Å². The molecule has 0 spiro atoms. The van der Waals surface area contributed by atoms with Crippen LogP contribution in [0.2, 0.25) is 5.15 Å². The Hall–Kier alpha value is -3.32. The summed E-state index contributed by atoms with van der Waals surface area (Å²) >= 11 is 6.21. The first-order valence-corrected chi connectivity index (χ1v) is 9.61. The Kier molecular flexibility index (Phi) is 5.22. The van der Waals surface area contributed by atoms with E-state index in [1.807, 2.05) is 30.5 Å². The van der Waals surface area contributed by atoms with Crippen molar-refractivity contribution >= 4 is 28.8 Å². The van der Waals surface area contributed by atoms with Crippen molar-refractivity contribution < 1.29 is 4.74 Å². The van der Waals surface area contributed by atoms with Gasteiger partial charge >= 0.3 is 0 Å². The summed E-state index contributed by atoms with van der Waals surface area (Å²) in [6.45, 7) is 2.74. The lowest BCUT2D eigenvalue weighted by Crippen LogP contribution is -2.02. The Balaban J connectivity index is 1.65. The normalized spacial score (nSPS) is 11.0. The van der Waals surface area contributed by atoms with Gasteiger partial charge < -0.3 is 15.8 Å². The van der Waals surface area contributed by atoms with E-state index < -0.39 is 0 Å². The molecule has 0 aliphatic heterocycles. The number of halogens is 1. The molecule has 1 aromatic carbocycles. The number of pyridine rings is 1. The van der Waals surface area contributed by atoms with Crippen molar-refractivity contribution in [2.45, 2.75) is 19.9 Å². The van der Waals surface area contributed by atoms with Gasteiger partial charge in [-0.2, -0.15) is 0 Å². The van der Waals surface area contributed by atoms with Crippen LogP contribution in [-0.4, -0.2) is 26.5 Å². The van der Waals surface area contributed by atoms with Gasteiger partial charge in [-0.25, -0.2) is 15.0 Å². The van der Waals surface area contributed by atoms with Gasteiger partial charge in [0.15, 0.2) is 0 Å². The molecule has 3 heterocycles. The number of rotatable bonds is 6. The molecule has 0 radical (unpaired) electrons. The Labute approximate surface area is 173 Å². The zero-order valence-corrected chi connectivity index (χ0v) is 16.9. The van der Waals surface area contributed by atoms with Crippen molar-refractivity contribution in [2.24, 2.45) is 0 Å². The number of nitrogens with zero attached hydrogens (tertiary/aromatic N) is 4.